The Morgan fingerprint density at radius 3 is 3.05 bits per heavy atom. The summed E-state index contributed by atoms with van der Waals surface area (Å²) in [5.74, 6) is 0.763. The Morgan fingerprint density at radius 2 is 2.45 bits per heavy atom. The number of amides is 1. The minimum atomic E-state index is -0.664. The zero-order chi connectivity index (χ0) is 14.6. The Hall–Kier alpha value is -0.670. The molecule has 0 aromatic carbocycles. The Kier molecular flexibility index (Phi) is 5.03. The summed E-state index contributed by atoms with van der Waals surface area (Å²) in [7, 11) is 1.66. The number of hydrogen-bond acceptors (Lipinski definition) is 7. The molecule has 0 spiro atoms. The smallest absolute Gasteiger partial charge is 0.219 e. The fraction of sp³-hybridized carbons (Fsp3) is 0.667. The fourth-order valence-electron chi connectivity index (χ4n) is 2.12. The summed E-state index contributed by atoms with van der Waals surface area (Å²) in [4.78, 5) is 16.8. The second-order valence-corrected chi connectivity index (χ2v) is 6.97. The summed E-state index contributed by atoms with van der Waals surface area (Å²) in [6.07, 6.45) is 1.87. The molecular formula is C12H20N4O2S2. The van der Waals surface area contributed by atoms with Gasteiger partial charge in [-0.2, -0.15) is 0 Å². The fourth-order valence-corrected chi connectivity index (χ4v) is 4.40. The number of carbonyl (C=O) groups is 1. The van der Waals surface area contributed by atoms with E-state index >= 15 is 0 Å². The number of aromatic nitrogens is 1. The van der Waals surface area contributed by atoms with Crippen molar-refractivity contribution in [2.75, 3.05) is 26.0 Å². The Morgan fingerprint density at radius 1 is 1.65 bits per heavy atom. The van der Waals surface area contributed by atoms with Gasteiger partial charge in [0, 0.05) is 37.4 Å². The average Bonchev–Trinajstić information content (AvgIpc) is 2.99. The van der Waals surface area contributed by atoms with E-state index in [1.807, 2.05) is 11.7 Å². The minimum absolute atomic E-state index is 0.0801. The summed E-state index contributed by atoms with van der Waals surface area (Å²) in [6, 6.07) is 0. The molecule has 2 atom stereocenters. The SMILES string of the molecule is COCCNC1(NC(C)=O)NC(C)(c2cncs2)CS1. The van der Waals surface area contributed by atoms with Gasteiger partial charge in [-0.1, -0.05) is 11.8 Å². The molecular weight excluding hydrogens is 296 g/mol. The van der Waals surface area contributed by atoms with Crippen molar-refractivity contribution in [3.8, 4) is 0 Å². The second kappa shape index (κ2) is 6.40. The normalized spacial score (nSPS) is 29.6. The summed E-state index contributed by atoms with van der Waals surface area (Å²) in [5, 5.41) is 9.13. The molecule has 0 aliphatic carbocycles. The highest BCUT2D eigenvalue weighted by molar-refractivity contribution is 8.00. The molecule has 0 bridgehead atoms. The first-order chi connectivity index (χ1) is 9.50. The number of nitrogens with one attached hydrogen (secondary N) is 3. The van der Waals surface area contributed by atoms with Gasteiger partial charge >= 0.3 is 0 Å². The number of thiazole rings is 1. The van der Waals surface area contributed by atoms with Crippen LogP contribution in [0.5, 0.6) is 0 Å². The van der Waals surface area contributed by atoms with Crippen molar-refractivity contribution in [1.82, 2.24) is 20.9 Å². The van der Waals surface area contributed by atoms with E-state index in [1.165, 1.54) is 6.92 Å². The van der Waals surface area contributed by atoms with Crippen molar-refractivity contribution in [2.24, 2.45) is 0 Å². The van der Waals surface area contributed by atoms with E-state index in [0.717, 1.165) is 10.6 Å². The van der Waals surface area contributed by atoms with E-state index in [1.54, 1.807) is 30.2 Å². The molecule has 2 unspecified atom stereocenters. The van der Waals surface area contributed by atoms with E-state index in [4.69, 9.17) is 4.74 Å². The Bertz CT molecular complexity index is 456. The maximum Gasteiger partial charge on any atom is 0.219 e. The highest BCUT2D eigenvalue weighted by Crippen LogP contribution is 2.39. The summed E-state index contributed by atoms with van der Waals surface area (Å²) in [5.41, 5.74) is 1.61. The highest BCUT2D eigenvalue weighted by atomic mass is 32.2. The molecule has 20 heavy (non-hydrogen) atoms. The first-order valence-electron chi connectivity index (χ1n) is 6.35. The molecule has 2 heterocycles. The van der Waals surface area contributed by atoms with E-state index in [0.29, 0.717) is 13.2 Å². The van der Waals surface area contributed by atoms with Crippen LogP contribution in [-0.4, -0.2) is 42.0 Å². The minimum Gasteiger partial charge on any atom is -0.383 e. The van der Waals surface area contributed by atoms with Crippen LogP contribution in [0, 0.1) is 0 Å². The van der Waals surface area contributed by atoms with Crippen LogP contribution >= 0.6 is 23.1 Å². The molecule has 1 fully saturated rings. The molecule has 3 N–H and O–H groups in total. The number of nitrogens with zero attached hydrogens (tertiary/aromatic N) is 1. The number of carbonyl (C=O) groups excluding carboxylic acids is 1. The quantitative estimate of drug-likeness (QED) is 0.529. The van der Waals surface area contributed by atoms with Gasteiger partial charge in [0.25, 0.3) is 0 Å². The van der Waals surface area contributed by atoms with Gasteiger partial charge in [-0.3, -0.25) is 20.4 Å². The van der Waals surface area contributed by atoms with Gasteiger partial charge < -0.3 is 10.1 Å². The molecule has 2 rings (SSSR count). The predicted molar refractivity (Wildman–Crippen MR) is 81.5 cm³/mol. The van der Waals surface area contributed by atoms with Crippen LogP contribution in [0.2, 0.25) is 0 Å². The predicted octanol–water partition coefficient (Wildman–Crippen LogP) is 0.678. The van der Waals surface area contributed by atoms with Crippen molar-refractivity contribution in [3.05, 3.63) is 16.6 Å². The van der Waals surface area contributed by atoms with Gasteiger partial charge in [0.2, 0.25) is 5.91 Å². The molecule has 1 aliphatic rings. The molecule has 1 aromatic heterocycles. The summed E-state index contributed by atoms with van der Waals surface area (Å²) in [6.45, 7) is 4.87. The lowest BCUT2D eigenvalue weighted by Crippen LogP contribution is -2.65. The molecule has 6 nitrogen and oxygen atoms in total. The first kappa shape index (κ1) is 15.7. The monoisotopic (exact) mass is 316 g/mol. The van der Waals surface area contributed by atoms with Crippen molar-refractivity contribution < 1.29 is 9.53 Å². The molecule has 0 saturated carbocycles. The Labute approximate surface area is 127 Å². The molecule has 112 valence electrons. The van der Waals surface area contributed by atoms with Crippen LogP contribution in [0.3, 0.4) is 0 Å². The third kappa shape index (κ3) is 3.50. The lowest BCUT2D eigenvalue weighted by Gasteiger charge is -2.33. The summed E-state index contributed by atoms with van der Waals surface area (Å²) >= 11 is 3.26. The molecule has 1 aliphatic heterocycles. The van der Waals surface area contributed by atoms with Gasteiger partial charge in [0.1, 0.15) is 0 Å². The maximum atomic E-state index is 11.5. The molecule has 1 saturated heterocycles. The van der Waals surface area contributed by atoms with Crippen LogP contribution in [0.25, 0.3) is 0 Å². The standard InChI is InChI=1S/C12H20N4O2S2/c1-9(17)15-12(14-4-5-18-3)16-11(2,7-20-12)10-6-13-8-19-10/h6,8,14,16H,4-5,7H2,1-3H3,(H,15,17). The van der Waals surface area contributed by atoms with E-state index in [-0.39, 0.29) is 11.4 Å². The number of ether oxygens (including phenoxy) is 1. The molecule has 0 radical (unpaired) electrons. The van der Waals surface area contributed by atoms with Gasteiger partial charge in [0.05, 0.1) is 17.7 Å². The van der Waals surface area contributed by atoms with Crippen LogP contribution in [-0.2, 0) is 15.1 Å². The maximum absolute atomic E-state index is 11.5. The van der Waals surface area contributed by atoms with Gasteiger partial charge in [-0.15, -0.1) is 11.3 Å². The van der Waals surface area contributed by atoms with E-state index < -0.39 is 5.12 Å². The van der Waals surface area contributed by atoms with Crippen molar-refractivity contribution in [1.29, 1.82) is 0 Å². The zero-order valence-corrected chi connectivity index (χ0v) is 13.5. The third-order valence-electron chi connectivity index (χ3n) is 3.04. The third-order valence-corrected chi connectivity index (χ3v) is 5.58. The van der Waals surface area contributed by atoms with Crippen LogP contribution in [0.15, 0.2) is 11.7 Å². The second-order valence-electron chi connectivity index (χ2n) is 4.89. The molecule has 1 aromatic rings. The number of rotatable bonds is 6. The number of hydrogen-bond donors (Lipinski definition) is 3. The Balaban J connectivity index is 2.11. The largest absolute Gasteiger partial charge is 0.383 e. The molecule has 8 heteroatoms. The van der Waals surface area contributed by atoms with Crippen LogP contribution in [0.1, 0.15) is 18.7 Å². The molecule has 1 amide bonds. The van der Waals surface area contributed by atoms with Crippen molar-refractivity contribution >= 4 is 29.0 Å². The first-order valence-corrected chi connectivity index (χ1v) is 8.21. The highest BCUT2D eigenvalue weighted by Gasteiger charge is 2.47. The van der Waals surface area contributed by atoms with E-state index in [9.17, 15) is 4.79 Å². The van der Waals surface area contributed by atoms with Crippen LogP contribution < -0.4 is 16.0 Å². The van der Waals surface area contributed by atoms with Crippen molar-refractivity contribution in [2.45, 2.75) is 24.5 Å². The summed E-state index contributed by atoms with van der Waals surface area (Å²) < 4.78 is 5.06. The van der Waals surface area contributed by atoms with E-state index in [2.05, 4.69) is 27.9 Å². The number of methoxy groups -OCH3 is 1. The van der Waals surface area contributed by atoms with Gasteiger partial charge in [0.15, 0.2) is 5.12 Å². The lowest BCUT2D eigenvalue weighted by molar-refractivity contribution is -0.120. The van der Waals surface area contributed by atoms with Crippen LogP contribution in [0.4, 0.5) is 0 Å². The zero-order valence-electron chi connectivity index (χ0n) is 11.9. The van der Waals surface area contributed by atoms with Gasteiger partial charge in [-0.05, 0) is 6.92 Å². The van der Waals surface area contributed by atoms with Crippen molar-refractivity contribution in [3.63, 3.8) is 0 Å². The topological polar surface area (TPSA) is 75.3 Å². The van der Waals surface area contributed by atoms with Gasteiger partial charge in [-0.25, -0.2) is 0 Å². The lowest BCUT2D eigenvalue weighted by atomic mass is 10.0. The average molecular weight is 316 g/mol. The number of thioether (sulfide) groups is 1.